The molecule has 1 atom stereocenters. The Kier molecular flexibility index (Phi) is 5.79. The molecule has 5 nitrogen and oxygen atoms in total. The normalized spacial score (nSPS) is 17.0. The van der Waals surface area contributed by atoms with E-state index in [9.17, 15) is 4.79 Å². The molecule has 1 aliphatic heterocycles. The molecule has 1 fully saturated rings. The van der Waals surface area contributed by atoms with E-state index in [0.717, 1.165) is 30.2 Å². The predicted molar refractivity (Wildman–Crippen MR) is 101 cm³/mol. The van der Waals surface area contributed by atoms with Gasteiger partial charge in [0.25, 0.3) is 0 Å². The van der Waals surface area contributed by atoms with Crippen molar-refractivity contribution in [3.63, 3.8) is 0 Å². The molecular weight excluding hydrogens is 328 g/mol. The second-order valence-electron chi connectivity index (χ2n) is 7.31. The third-order valence-corrected chi connectivity index (χ3v) is 5.10. The molecule has 0 bridgehead atoms. The lowest BCUT2D eigenvalue weighted by molar-refractivity contribution is -0.126. The second kappa shape index (κ2) is 8.06. The minimum atomic E-state index is -0.587. The number of carbonyl (C=O) groups is 1. The molecule has 2 aromatic rings. The average molecular weight is 356 g/mol. The van der Waals surface area contributed by atoms with Crippen LogP contribution < -0.4 is 5.32 Å². The molecule has 1 saturated heterocycles. The fourth-order valence-corrected chi connectivity index (χ4v) is 3.33. The van der Waals surface area contributed by atoms with Crippen LogP contribution >= 0.6 is 0 Å². The zero-order chi connectivity index (χ0) is 18.6. The van der Waals surface area contributed by atoms with Crippen molar-refractivity contribution in [3.8, 4) is 0 Å². The lowest BCUT2D eigenvalue weighted by Crippen LogP contribution is -2.47. The molecule has 2 heterocycles. The Morgan fingerprint density at radius 3 is 2.46 bits per heavy atom. The quantitative estimate of drug-likeness (QED) is 0.864. The van der Waals surface area contributed by atoms with Gasteiger partial charge in [-0.1, -0.05) is 30.3 Å². The van der Waals surface area contributed by atoms with Gasteiger partial charge in [0.2, 0.25) is 5.91 Å². The summed E-state index contributed by atoms with van der Waals surface area (Å²) in [6.07, 6.45) is 0. The van der Waals surface area contributed by atoms with Gasteiger partial charge in [-0.25, -0.2) is 0 Å². The summed E-state index contributed by atoms with van der Waals surface area (Å²) < 4.78 is 11.3. The van der Waals surface area contributed by atoms with E-state index in [1.165, 1.54) is 0 Å². The Morgan fingerprint density at radius 2 is 1.85 bits per heavy atom. The van der Waals surface area contributed by atoms with Gasteiger partial charge >= 0.3 is 0 Å². The molecule has 0 aliphatic carbocycles. The minimum Gasteiger partial charge on any atom is -0.465 e. The fraction of sp³-hybridized carbons (Fsp3) is 0.476. The first kappa shape index (κ1) is 18.7. The number of amides is 1. The predicted octanol–water partition coefficient (Wildman–Crippen LogP) is 3.06. The Balaban J connectivity index is 1.71. The van der Waals surface area contributed by atoms with E-state index in [1.54, 1.807) is 0 Å². The van der Waals surface area contributed by atoms with Crippen LogP contribution in [0.2, 0.25) is 0 Å². The molecule has 0 spiro atoms. The summed E-state index contributed by atoms with van der Waals surface area (Å²) >= 11 is 0. The number of rotatable bonds is 6. The Labute approximate surface area is 155 Å². The van der Waals surface area contributed by atoms with Crippen LogP contribution in [-0.2, 0) is 14.9 Å². The monoisotopic (exact) mass is 356 g/mol. The van der Waals surface area contributed by atoms with E-state index in [-0.39, 0.29) is 11.9 Å². The third kappa shape index (κ3) is 4.17. The van der Waals surface area contributed by atoms with Crippen LogP contribution in [0.3, 0.4) is 0 Å². The number of benzene rings is 1. The van der Waals surface area contributed by atoms with Gasteiger partial charge in [-0.15, -0.1) is 0 Å². The summed E-state index contributed by atoms with van der Waals surface area (Å²) in [5.74, 6) is 1.79. The number of hydrogen-bond acceptors (Lipinski definition) is 4. The highest BCUT2D eigenvalue weighted by atomic mass is 16.5. The molecule has 0 saturated carbocycles. The van der Waals surface area contributed by atoms with Gasteiger partial charge in [-0.05, 0) is 38.5 Å². The van der Waals surface area contributed by atoms with Crippen LogP contribution in [0.5, 0.6) is 0 Å². The van der Waals surface area contributed by atoms with Crippen LogP contribution in [0.25, 0.3) is 0 Å². The number of morpholine rings is 1. The Bertz CT molecular complexity index is 718. The van der Waals surface area contributed by atoms with Gasteiger partial charge in [-0.2, -0.15) is 0 Å². The molecule has 1 aromatic carbocycles. The molecule has 1 N–H and O–H groups in total. The zero-order valence-electron chi connectivity index (χ0n) is 15.8. The van der Waals surface area contributed by atoms with Gasteiger partial charge in [0.1, 0.15) is 11.5 Å². The Hall–Kier alpha value is -2.11. The van der Waals surface area contributed by atoms with E-state index in [4.69, 9.17) is 9.15 Å². The molecular formula is C21H28N2O3. The number of nitrogens with one attached hydrogen (secondary N) is 1. The average Bonchev–Trinajstić information content (AvgIpc) is 3.09. The van der Waals surface area contributed by atoms with E-state index >= 15 is 0 Å². The number of furan rings is 1. The largest absolute Gasteiger partial charge is 0.465 e. The first-order valence-corrected chi connectivity index (χ1v) is 9.20. The van der Waals surface area contributed by atoms with Crippen LogP contribution in [0.4, 0.5) is 0 Å². The fourth-order valence-electron chi connectivity index (χ4n) is 3.33. The van der Waals surface area contributed by atoms with Crippen molar-refractivity contribution in [2.75, 3.05) is 32.8 Å². The van der Waals surface area contributed by atoms with Crippen molar-refractivity contribution in [2.24, 2.45) is 0 Å². The summed E-state index contributed by atoms with van der Waals surface area (Å²) in [5, 5.41) is 3.15. The summed E-state index contributed by atoms with van der Waals surface area (Å²) in [6.45, 7) is 9.46. The molecule has 5 heteroatoms. The molecule has 0 radical (unpaired) electrons. The lowest BCUT2D eigenvalue weighted by atomic mass is 9.83. The number of aryl methyl sites for hydroxylation is 1. The molecule has 140 valence electrons. The standard InChI is InChI=1S/C21H28N2O3/c1-16-9-10-19(26-16)18(23-11-13-25-14-12-23)15-22-20(24)21(2,3)17-7-5-4-6-8-17/h4-10,18H,11-15H2,1-3H3,(H,22,24). The topological polar surface area (TPSA) is 54.7 Å². The van der Waals surface area contributed by atoms with E-state index < -0.39 is 5.41 Å². The number of hydrogen-bond donors (Lipinski definition) is 1. The van der Waals surface area contributed by atoms with Gasteiger partial charge in [0.05, 0.1) is 24.7 Å². The highest BCUT2D eigenvalue weighted by Crippen LogP contribution is 2.26. The molecule has 3 rings (SSSR count). The first-order chi connectivity index (χ1) is 12.5. The summed E-state index contributed by atoms with van der Waals surface area (Å²) in [4.78, 5) is 15.2. The van der Waals surface area contributed by atoms with Crippen molar-refractivity contribution < 1.29 is 13.9 Å². The van der Waals surface area contributed by atoms with Crippen molar-refractivity contribution >= 4 is 5.91 Å². The molecule has 1 aromatic heterocycles. The maximum Gasteiger partial charge on any atom is 0.230 e. The number of carbonyl (C=O) groups excluding carboxylic acids is 1. The lowest BCUT2D eigenvalue weighted by Gasteiger charge is -2.34. The zero-order valence-corrected chi connectivity index (χ0v) is 15.8. The second-order valence-corrected chi connectivity index (χ2v) is 7.31. The van der Waals surface area contributed by atoms with E-state index in [1.807, 2.05) is 63.2 Å². The summed E-state index contributed by atoms with van der Waals surface area (Å²) in [6, 6.07) is 13.9. The van der Waals surface area contributed by atoms with Crippen molar-refractivity contribution in [3.05, 3.63) is 59.5 Å². The van der Waals surface area contributed by atoms with Crippen LogP contribution in [0, 0.1) is 6.92 Å². The van der Waals surface area contributed by atoms with Crippen molar-refractivity contribution in [1.82, 2.24) is 10.2 Å². The minimum absolute atomic E-state index is 0.0168. The first-order valence-electron chi connectivity index (χ1n) is 9.20. The maximum absolute atomic E-state index is 12.9. The molecule has 26 heavy (non-hydrogen) atoms. The molecule has 1 unspecified atom stereocenters. The van der Waals surface area contributed by atoms with Crippen molar-refractivity contribution in [2.45, 2.75) is 32.2 Å². The van der Waals surface area contributed by atoms with Crippen LogP contribution in [0.1, 0.15) is 37.0 Å². The van der Waals surface area contributed by atoms with E-state index in [0.29, 0.717) is 19.8 Å². The number of ether oxygens (including phenoxy) is 1. The summed E-state index contributed by atoms with van der Waals surface area (Å²) in [5.41, 5.74) is 0.421. The highest BCUT2D eigenvalue weighted by Gasteiger charge is 2.32. The van der Waals surface area contributed by atoms with Crippen LogP contribution in [-0.4, -0.2) is 43.7 Å². The van der Waals surface area contributed by atoms with E-state index in [2.05, 4.69) is 10.2 Å². The maximum atomic E-state index is 12.9. The summed E-state index contributed by atoms with van der Waals surface area (Å²) in [7, 11) is 0. The number of nitrogens with zero attached hydrogens (tertiary/aromatic N) is 1. The van der Waals surface area contributed by atoms with Crippen LogP contribution in [0.15, 0.2) is 46.9 Å². The van der Waals surface area contributed by atoms with Gasteiger partial charge in [-0.3, -0.25) is 9.69 Å². The van der Waals surface area contributed by atoms with Gasteiger partial charge in [0, 0.05) is 19.6 Å². The highest BCUT2D eigenvalue weighted by molar-refractivity contribution is 5.87. The molecule has 1 amide bonds. The third-order valence-electron chi connectivity index (χ3n) is 5.10. The smallest absolute Gasteiger partial charge is 0.230 e. The SMILES string of the molecule is Cc1ccc(C(CNC(=O)C(C)(C)c2ccccc2)N2CCOCC2)o1. The van der Waals surface area contributed by atoms with Crippen molar-refractivity contribution in [1.29, 1.82) is 0 Å². The van der Waals surface area contributed by atoms with Gasteiger partial charge < -0.3 is 14.5 Å². The Morgan fingerprint density at radius 1 is 1.15 bits per heavy atom. The molecule has 1 aliphatic rings. The van der Waals surface area contributed by atoms with Gasteiger partial charge in [0.15, 0.2) is 0 Å².